The molecule has 0 aliphatic rings. The molecule has 0 radical (unpaired) electrons. The standard InChI is InChI=1S/C8H7N3O2/c1-5-2-3-6-7(8(12)13)9-4-10-11(5)6/h2-4H,1H3,(H,12,13). The molecule has 0 spiro atoms. The Labute approximate surface area is 73.6 Å². The SMILES string of the molecule is Cc1ccc2c(C(=O)O)ncnn12. The maximum Gasteiger partial charge on any atom is 0.356 e. The first-order chi connectivity index (χ1) is 6.20. The Kier molecular flexibility index (Phi) is 1.51. The van der Waals surface area contributed by atoms with Crippen molar-refractivity contribution in [3.8, 4) is 0 Å². The fraction of sp³-hybridized carbons (Fsp3) is 0.125. The Hall–Kier alpha value is -1.91. The van der Waals surface area contributed by atoms with E-state index in [-0.39, 0.29) is 5.69 Å². The molecule has 2 rings (SSSR count). The molecule has 0 aromatic carbocycles. The zero-order chi connectivity index (χ0) is 9.42. The summed E-state index contributed by atoms with van der Waals surface area (Å²) in [7, 11) is 0. The summed E-state index contributed by atoms with van der Waals surface area (Å²) in [5.74, 6) is -1.04. The van der Waals surface area contributed by atoms with Gasteiger partial charge in [-0.25, -0.2) is 14.3 Å². The van der Waals surface area contributed by atoms with Gasteiger partial charge in [0.25, 0.3) is 0 Å². The predicted molar refractivity (Wildman–Crippen MR) is 44.7 cm³/mol. The number of aryl methyl sites for hydroxylation is 1. The first-order valence-electron chi connectivity index (χ1n) is 3.73. The van der Waals surface area contributed by atoms with Crippen LogP contribution < -0.4 is 0 Å². The van der Waals surface area contributed by atoms with Crippen LogP contribution in [0.25, 0.3) is 5.52 Å². The van der Waals surface area contributed by atoms with Crippen molar-refractivity contribution in [1.82, 2.24) is 14.6 Å². The molecule has 66 valence electrons. The normalized spacial score (nSPS) is 10.5. The zero-order valence-electron chi connectivity index (χ0n) is 6.93. The highest BCUT2D eigenvalue weighted by atomic mass is 16.4. The van der Waals surface area contributed by atoms with Gasteiger partial charge in [-0.3, -0.25) is 0 Å². The minimum Gasteiger partial charge on any atom is -0.476 e. The Morgan fingerprint density at radius 1 is 1.54 bits per heavy atom. The molecule has 2 aromatic rings. The van der Waals surface area contributed by atoms with Crippen molar-refractivity contribution in [2.45, 2.75) is 6.92 Å². The molecule has 0 aliphatic heterocycles. The molecule has 0 amide bonds. The van der Waals surface area contributed by atoms with E-state index in [1.165, 1.54) is 6.33 Å². The van der Waals surface area contributed by atoms with Crippen LogP contribution in [0.2, 0.25) is 0 Å². The largest absolute Gasteiger partial charge is 0.476 e. The Morgan fingerprint density at radius 2 is 2.31 bits per heavy atom. The molecule has 2 heterocycles. The molecule has 0 saturated heterocycles. The molecule has 0 aliphatic carbocycles. The number of hydrogen-bond acceptors (Lipinski definition) is 3. The third kappa shape index (κ3) is 1.05. The van der Waals surface area contributed by atoms with Gasteiger partial charge in [0.2, 0.25) is 0 Å². The van der Waals surface area contributed by atoms with E-state index >= 15 is 0 Å². The van der Waals surface area contributed by atoms with Crippen LogP contribution in [0.15, 0.2) is 18.5 Å². The molecule has 0 atom stereocenters. The second-order valence-electron chi connectivity index (χ2n) is 2.69. The van der Waals surface area contributed by atoms with Crippen molar-refractivity contribution in [2.75, 3.05) is 0 Å². The van der Waals surface area contributed by atoms with Crippen molar-refractivity contribution in [1.29, 1.82) is 0 Å². The monoisotopic (exact) mass is 177 g/mol. The van der Waals surface area contributed by atoms with Gasteiger partial charge in [-0.05, 0) is 19.1 Å². The van der Waals surface area contributed by atoms with E-state index in [9.17, 15) is 4.79 Å². The van der Waals surface area contributed by atoms with E-state index in [2.05, 4.69) is 10.1 Å². The van der Waals surface area contributed by atoms with E-state index in [4.69, 9.17) is 5.11 Å². The van der Waals surface area contributed by atoms with Gasteiger partial charge < -0.3 is 5.11 Å². The average Bonchev–Trinajstić information content (AvgIpc) is 2.48. The first kappa shape index (κ1) is 7.72. The van der Waals surface area contributed by atoms with Crippen LogP contribution in [-0.4, -0.2) is 25.7 Å². The molecule has 2 aromatic heterocycles. The molecule has 5 heteroatoms. The maximum atomic E-state index is 10.7. The molecule has 0 unspecified atom stereocenters. The Bertz CT molecular complexity index is 475. The summed E-state index contributed by atoms with van der Waals surface area (Å²) in [6.45, 7) is 1.85. The summed E-state index contributed by atoms with van der Waals surface area (Å²) in [4.78, 5) is 14.4. The smallest absolute Gasteiger partial charge is 0.356 e. The highest BCUT2D eigenvalue weighted by Crippen LogP contribution is 2.10. The minimum absolute atomic E-state index is 0.0306. The van der Waals surface area contributed by atoms with E-state index in [0.717, 1.165) is 5.69 Å². The van der Waals surface area contributed by atoms with Gasteiger partial charge in [-0.1, -0.05) is 0 Å². The van der Waals surface area contributed by atoms with Gasteiger partial charge in [-0.15, -0.1) is 0 Å². The lowest BCUT2D eigenvalue weighted by molar-refractivity contribution is 0.0692. The van der Waals surface area contributed by atoms with Crippen LogP contribution in [0, 0.1) is 6.92 Å². The Balaban J connectivity index is 2.84. The van der Waals surface area contributed by atoms with Gasteiger partial charge in [0.15, 0.2) is 5.69 Å². The second-order valence-corrected chi connectivity index (χ2v) is 2.69. The molecule has 1 N–H and O–H groups in total. The summed E-state index contributed by atoms with van der Waals surface area (Å²) in [5, 5.41) is 12.7. The number of carboxylic acid groups (broad SMARTS) is 1. The highest BCUT2D eigenvalue weighted by Gasteiger charge is 2.11. The van der Waals surface area contributed by atoms with Crippen molar-refractivity contribution >= 4 is 11.5 Å². The van der Waals surface area contributed by atoms with E-state index in [1.807, 2.05) is 6.92 Å². The van der Waals surface area contributed by atoms with Crippen LogP contribution in [0.1, 0.15) is 16.2 Å². The third-order valence-corrected chi connectivity index (χ3v) is 1.84. The summed E-state index contributed by atoms with van der Waals surface area (Å²) < 4.78 is 1.55. The third-order valence-electron chi connectivity index (χ3n) is 1.84. The van der Waals surface area contributed by atoms with Gasteiger partial charge in [0.1, 0.15) is 6.33 Å². The number of nitrogens with zero attached hydrogens (tertiary/aromatic N) is 3. The summed E-state index contributed by atoms with van der Waals surface area (Å²) in [5.41, 5.74) is 1.44. The van der Waals surface area contributed by atoms with E-state index < -0.39 is 5.97 Å². The van der Waals surface area contributed by atoms with Crippen molar-refractivity contribution in [3.05, 3.63) is 29.8 Å². The lowest BCUT2D eigenvalue weighted by atomic mass is 10.4. The predicted octanol–water partition coefficient (Wildman–Crippen LogP) is 0.736. The summed E-state index contributed by atoms with van der Waals surface area (Å²) in [6, 6.07) is 3.50. The van der Waals surface area contributed by atoms with Crippen LogP contribution in [-0.2, 0) is 0 Å². The number of carboxylic acids is 1. The second kappa shape index (κ2) is 2.55. The summed E-state index contributed by atoms with van der Waals surface area (Å²) >= 11 is 0. The van der Waals surface area contributed by atoms with Crippen molar-refractivity contribution in [3.63, 3.8) is 0 Å². The Morgan fingerprint density at radius 3 is 3.00 bits per heavy atom. The number of fused-ring (bicyclic) bond motifs is 1. The first-order valence-corrected chi connectivity index (χ1v) is 3.73. The molecule has 0 fully saturated rings. The highest BCUT2D eigenvalue weighted by molar-refractivity contribution is 5.93. The van der Waals surface area contributed by atoms with Crippen molar-refractivity contribution in [2.24, 2.45) is 0 Å². The van der Waals surface area contributed by atoms with Gasteiger partial charge >= 0.3 is 5.97 Å². The van der Waals surface area contributed by atoms with Crippen LogP contribution in [0.5, 0.6) is 0 Å². The number of aromatic carboxylic acids is 1. The zero-order valence-corrected chi connectivity index (χ0v) is 6.93. The van der Waals surface area contributed by atoms with Gasteiger partial charge in [0, 0.05) is 5.69 Å². The van der Waals surface area contributed by atoms with Crippen LogP contribution in [0.3, 0.4) is 0 Å². The number of aromatic nitrogens is 3. The molecular formula is C8H7N3O2. The average molecular weight is 177 g/mol. The van der Waals surface area contributed by atoms with Crippen molar-refractivity contribution < 1.29 is 9.90 Å². The van der Waals surface area contributed by atoms with E-state index in [1.54, 1.807) is 16.6 Å². The molecule has 0 bridgehead atoms. The molecule has 5 nitrogen and oxygen atoms in total. The van der Waals surface area contributed by atoms with E-state index in [0.29, 0.717) is 5.52 Å². The molecule has 0 saturated carbocycles. The lowest BCUT2D eigenvalue weighted by Crippen LogP contribution is -2.05. The topological polar surface area (TPSA) is 67.5 Å². The molecular weight excluding hydrogens is 170 g/mol. The van der Waals surface area contributed by atoms with Gasteiger partial charge in [0.05, 0.1) is 5.52 Å². The number of rotatable bonds is 1. The van der Waals surface area contributed by atoms with Crippen LogP contribution >= 0.6 is 0 Å². The fourth-order valence-corrected chi connectivity index (χ4v) is 1.23. The number of carbonyl (C=O) groups is 1. The fourth-order valence-electron chi connectivity index (χ4n) is 1.23. The number of hydrogen-bond donors (Lipinski definition) is 1. The lowest BCUT2D eigenvalue weighted by Gasteiger charge is -1.97. The minimum atomic E-state index is -1.04. The maximum absolute atomic E-state index is 10.7. The van der Waals surface area contributed by atoms with Gasteiger partial charge in [-0.2, -0.15) is 5.10 Å². The summed E-state index contributed by atoms with van der Waals surface area (Å²) in [6.07, 6.45) is 1.24. The van der Waals surface area contributed by atoms with Crippen LogP contribution in [0.4, 0.5) is 0 Å². The quantitative estimate of drug-likeness (QED) is 0.697. The molecule has 13 heavy (non-hydrogen) atoms.